The van der Waals surface area contributed by atoms with E-state index in [9.17, 15) is 5.11 Å². The summed E-state index contributed by atoms with van der Waals surface area (Å²) in [6, 6.07) is 3.70. The molecule has 3 nitrogen and oxygen atoms in total. The van der Waals surface area contributed by atoms with E-state index in [1.807, 2.05) is 12.1 Å². The van der Waals surface area contributed by atoms with Crippen molar-refractivity contribution in [3.63, 3.8) is 0 Å². The third-order valence-corrected chi connectivity index (χ3v) is 4.68. The molecule has 1 rings (SSSR count). The largest absolute Gasteiger partial charge is 0.495 e. The number of halogens is 1. The highest BCUT2D eigenvalue weighted by atomic mass is 79.9. The SMILES string of the molecule is COc1ccc(C(O)CC(C)C(C)(C)C)c(OC)c1Br. The first kappa shape index (κ1) is 17.3. The Morgan fingerprint density at radius 2 is 1.80 bits per heavy atom. The molecule has 2 atom stereocenters. The molecule has 0 bridgehead atoms. The van der Waals surface area contributed by atoms with Crippen LogP contribution in [0, 0.1) is 11.3 Å². The van der Waals surface area contributed by atoms with Crippen LogP contribution in [0.1, 0.15) is 45.8 Å². The summed E-state index contributed by atoms with van der Waals surface area (Å²) in [6.07, 6.45) is 0.139. The fraction of sp³-hybridized carbons (Fsp3) is 0.625. The van der Waals surface area contributed by atoms with Gasteiger partial charge in [-0.3, -0.25) is 0 Å². The molecule has 0 aliphatic heterocycles. The Labute approximate surface area is 130 Å². The molecule has 4 heteroatoms. The molecule has 0 aliphatic rings. The highest BCUT2D eigenvalue weighted by molar-refractivity contribution is 9.10. The van der Waals surface area contributed by atoms with E-state index in [2.05, 4.69) is 43.6 Å². The topological polar surface area (TPSA) is 38.7 Å². The average molecular weight is 345 g/mol. The quantitative estimate of drug-likeness (QED) is 0.849. The van der Waals surface area contributed by atoms with E-state index < -0.39 is 6.10 Å². The van der Waals surface area contributed by atoms with Gasteiger partial charge in [0.1, 0.15) is 16.0 Å². The summed E-state index contributed by atoms with van der Waals surface area (Å²) in [5.41, 5.74) is 0.953. The summed E-state index contributed by atoms with van der Waals surface area (Å²) in [6.45, 7) is 8.72. The van der Waals surface area contributed by atoms with Gasteiger partial charge in [-0.25, -0.2) is 0 Å². The summed E-state index contributed by atoms with van der Waals surface area (Å²) in [4.78, 5) is 0. The fourth-order valence-corrected chi connectivity index (χ4v) is 2.68. The molecule has 0 radical (unpaired) electrons. The molecule has 1 aromatic carbocycles. The van der Waals surface area contributed by atoms with Crippen LogP contribution >= 0.6 is 15.9 Å². The van der Waals surface area contributed by atoms with Crippen molar-refractivity contribution in [3.8, 4) is 11.5 Å². The maximum Gasteiger partial charge on any atom is 0.142 e. The minimum absolute atomic E-state index is 0.165. The number of hydrogen-bond acceptors (Lipinski definition) is 3. The smallest absolute Gasteiger partial charge is 0.142 e. The van der Waals surface area contributed by atoms with Crippen LogP contribution in [0.3, 0.4) is 0 Å². The second-order valence-corrected chi connectivity index (χ2v) is 7.02. The van der Waals surface area contributed by atoms with Gasteiger partial charge in [0.05, 0.1) is 20.3 Å². The molecular weight excluding hydrogens is 320 g/mol. The zero-order valence-corrected chi connectivity index (χ0v) is 14.7. The maximum atomic E-state index is 10.5. The number of ether oxygens (including phenoxy) is 2. The van der Waals surface area contributed by atoms with E-state index in [4.69, 9.17) is 9.47 Å². The van der Waals surface area contributed by atoms with E-state index in [0.717, 1.165) is 10.0 Å². The first-order valence-corrected chi connectivity index (χ1v) is 7.60. The number of aliphatic hydroxyl groups is 1. The summed E-state index contributed by atoms with van der Waals surface area (Å²) in [5, 5.41) is 10.5. The predicted octanol–water partition coefficient (Wildman–Crippen LogP) is 4.57. The fourth-order valence-electron chi connectivity index (χ4n) is 2.00. The second-order valence-electron chi connectivity index (χ2n) is 6.22. The van der Waals surface area contributed by atoms with Gasteiger partial charge in [-0.05, 0) is 45.8 Å². The Bertz CT molecular complexity index is 452. The summed E-state index contributed by atoms with van der Waals surface area (Å²) in [5.74, 6) is 1.72. The van der Waals surface area contributed by atoms with Gasteiger partial charge in [0, 0.05) is 5.56 Å². The molecular formula is C16H25BrO3. The lowest BCUT2D eigenvalue weighted by Crippen LogP contribution is -2.20. The van der Waals surface area contributed by atoms with Crippen molar-refractivity contribution in [1.29, 1.82) is 0 Å². The Hall–Kier alpha value is -0.740. The Kier molecular flexibility index (Phi) is 5.90. The van der Waals surface area contributed by atoms with Gasteiger partial charge in [-0.1, -0.05) is 27.7 Å². The average Bonchev–Trinajstić information content (AvgIpc) is 2.36. The molecule has 0 fully saturated rings. The molecule has 0 saturated carbocycles. The van der Waals surface area contributed by atoms with E-state index in [-0.39, 0.29) is 5.41 Å². The van der Waals surface area contributed by atoms with Crippen LogP contribution in [-0.4, -0.2) is 19.3 Å². The summed E-state index contributed by atoms with van der Waals surface area (Å²) >= 11 is 3.47. The number of benzene rings is 1. The van der Waals surface area contributed by atoms with E-state index in [1.54, 1.807) is 14.2 Å². The first-order chi connectivity index (χ1) is 9.22. The molecule has 0 aromatic heterocycles. The predicted molar refractivity (Wildman–Crippen MR) is 85.4 cm³/mol. The molecule has 1 N–H and O–H groups in total. The van der Waals surface area contributed by atoms with Crippen molar-refractivity contribution in [2.75, 3.05) is 14.2 Å². The van der Waals surface area contributed by atoms with Crippen molar-refractivity contribution < 1.29 is 14.6 Å². The van der Waals surface area contributed by atoms with Crippen LogP contribution in [0.2, 0.25) is 0 Å². The number of aliphatic hydroxyl groups excluding tert-OH is 1. The van der Waals surface area contributed by atoms with Crippen molar-refractivity contribution in [2.24, 2.45) is 11.3 Å². The minimum atomic E-state index is -0.554. The Morgan fingerprint density at radius 1 is 1.20 bits per heavy atom. The molecule has 114 valence electrons. The molecule has 0 spiro atoms. The van der Waals surface area contributed by atoms with Crippen molar-refractivity contribution in [1.82, 2.24) is 0 Å². The molecule has 2 unspecified atom stereocenters. The highest BCUT2D eigenvalue weighted by Crippen LogP contribution is 2.42. The van der Waals surface area contributed by atoms with Crippen molar-refractivity contribution in [3.05, 3.63) is 22.2 Å². The van der Waals surface area contributed by atoms with E-state index >= 15 is 0 Å². The van der Waals surface area contributed by atoms with Crippen LogP contribution in [0.4, 0.5) is 0 Å². The standard InChI is InChI=1S/C16H25BrO3/c1-10(16(2,3)4)9-12(18)11-7-8-13(19-5)14(17)15(11)20-6/h7-8,10,12,18H,9H2,1-6H3. The lowest BCUT2D eigenvalue weighted by atomic mass is 9.78. The number of hydrogen-bond donors (Lipinski definition) is 1. The normalized spacial score (nSPS) is 14.8. The third-order valence-electron chi connectivity index (χ3n) is 3.93. The van der Waals surface area contributed by atoms with Gasteiger partial charge < -0.3 is 14.6 Å². The van der Waals surface area contributed by atoms with E-state index in [1.165, 1.54) is 0 Å². The highest BCUT2D eigenvalue weighted by Gasteiger charge is 2.26. The summed E-state index contributed by atoms with van der Waals surface area (Å²) < 4.78 is 11.4. The minimum Gasteiger partial charge on any atom is -0.495 e. The monoisotopic (exact) mass is 344 g/mol. The molecule has 20 heavy (non-hydrogen) atoms. The lowest BCUT2D eigenvalue weighted by molar-refractivity contribution is 0.108. The van der Waals surface area contributed by atoms with Gasteiger partial charge in [0.2, 0.25) is 0 Å². The third kappa shape index (κ3) is 3.89. The van der Waals surface area contributed by atoms with Gasteiger partial charge in [-0.2, -0.15) is 0 Å². The molecule has 0 amide bonds. The van der Waals surface area contributed by atoms with Gasteiger partial charge >= 0.3 is 0 Å². The van der Waals surface area contributed by atoms with E-state index in [0.29, 0.717) is 23.8 Å². The van der Waals surface area contributed by atoms with Gasteiger partial charge in [0.15, 0.2) is 0 Å². The van der Waals surface area contributed by atoms with Crippen LogP contribution in [-0.2, 0) is 0 Å². The second kappa shape index (κ2) is 6.81. The first-order valence-electron chi connectivity index (χ1n) is 6.80. The Balaban J connectivity index is 3.04. The molecule has 0 saturated heterocycles. The zero-order chi connectivity index (χ0) is 15.5. The molecule has 0 aliphatic carbocycles. The lowest BCUT2D eigenvalue weighted by Gasteiger charge is -2.29. The summed E-state index contributed by atoms with van der Waals surface area (Å²) in [7, 11) is 3.21. The van der Waals surface area contributed by atoms with Gasteiger partial charge in [-0.15, -0.1) is 0 Å². The number of methoxy groups -OCH3 is 2. The van der Waals surface area contributed by atoms with Crippen LogP contribution in [0.15, 0.2) is 16.6 Å². The molecule has 1 aromatic rings. The van der Waals surface area contributed by atoms with Crippen molar-refractivity contribution in [2.45, 2.75) is 40.2 Å². The van der Waals surface area contributed by atoms with Crippen LogP contribution in [0.5, 0.6) is 11.5 Å². The van der Waals surface area contributed by atoms with Crippen LogP contribution in [0.25, 0.3) is 0 Å². The zero-order valence-electron chi connectivity index (χ0n) is 13.2. The number of rotatable bonds is 5. The van der Waals surface area contributed by atoms with Crippen LogP contribution < -0.4 is 9.47 Å². The maximum absolute atomic E-state index is 10.5. The Morgan fingerprint density at radius 3 is 2.25 bits per heavy atom. The molecule has 0 heterocycles. The van der Waals surface area contributed by atoms with Crippen molar-refractivity contribution >= 4 is 15.9 Å². The van der Waals surface area contributed by atoms with Gasteiger partial charge in [0.25, 0.3) is 0 Å².